The molecule has 13 heavy (non-hydrogen) atoms. The van der Waals surface area contributed by atoms with Gasteiger partial charge in [-0.15, -0.1) is 6.58 Å². The molecule has 1 atom stereocenters. The molecule has 1 heterocycles. The first-order valence-corrected chi connectivity index (χ1v) is 5.19. The number of nitrogens with one attached hydrogen (secondary N) is 1. The minimum absolute atomic E-state index is 0.290. The van der Waals surface area contributed by atoms with Crippen molar-refractivity contribution in [3.8, 4) is 0 Å². The molecule has 0 bridgehead atoms. The summed E-state index contributed by atoms with van der Waals surface area (Å²) in [5.41, 5.74) is 0. The van der Waals surface area contributed by atoms with Gasteiger partial charge in [-0.3, -0.25) is 4.79 Å². The van der Waals surface area contributed by atoms with Crippen molar-refractivity contribution >= 4 is 5.78 Å². The second kappa shape index (κ2) is 5.92. The second-order valence-electron chi connectivity index (χ2n) is 3.69. The fraction of sp³-hybridized carbons (Fsp3) is 0.727. The van der Waals surface area contributed by atoms with E-state index in [1.165, 1.54) is 0 Å². The Labute approximate surface area is 80.4 Å². The van der Waals surface area contributed by atoms with E-state index in [0.29, 0.717) is 11.7 Å². The van der Waals surface area contributed by atoms with E-state index < -0.39 is 0 Å². The number of ketones is 1. The summed E-state index contributed by atoms with van der Waals surface area (Å²) in [5.74, 6) is 0.729. The molecule has 1 aliphatic rings. The van der Waals surface area contributed by atoms with E-state index in [4.69, 9.17) is 0 Å². The number of hydrogen-bond donors (Lipinski definition) is 1. The molecule has 0 amide bonds. The Morgan fingerprint density at radius 3 is 3.08 bits per heavy atom. The van der Waals surface area contributed by atoms with Gasteiger partial charge in [0, 0.05) is 18.9 Å². The molecular formula is C11H19NO. The molecule has 1 rings (SSSR count). The fourth-order valence-electron chi connectivity index (χ4n) is 1.75. The Bertz CT molecular complexity index is 171. The lowest BCUT2D eigenvalue weighted by atomic mass is 9.92. The summed E-state index contributed by atoms with van der Waals surface area (Å²) in [5, 5.41) is 3.27. The summed E-state index contributed by atoms with van der Waals surface area (Å²) >= 11 is 0. The maximum Gasteiger partial charge on any atom is 0.137 e. The first-order chi connectivity index (χ1) is 6.34. The molecule has 2 heteroatoms. The molecule has 2 nitrogen and oxygen atoms in total. The molecule has 0 saturated carbocycles. The van der Waals surface area contributed by atoms with Crippen LogP contribution in [0, 0.1) is 5.92 Å². The van der Waals surface area contributed by atoms with E-state index in [-0.39, 0.29) is 0 Å². The largest absolute Gasteiger partial charge is 0.316 e. The van der Waals surface area contributed by atoms with Crippen molar-refractivity contribution in [2.45, 2.75) is 32.1 Å². The molecule has 1 unspecified atom stereocenters. The van der Waals surface area contributed by atoms with Crippen molar-refractivity contribution in [3.05, 3.63) is 12.7 Å². The van der Waals surface area contributed by atoms with Gasteiger partial charge in [0.05, 0.1) is 0 Å². The third kappa shape index (κ3) is 3.73. The fourth-order valence-corrected chi connectivity index (χ4v) is 1.75. The number of rotatable bonds is 5. The summed E-state index contributed by atoms with van der Waals surface area (Å²) in [4.78, 5) is 11.6. The SMILES string of the molecule is C=CCCCC(=O)C1CCCNC1. The molecule has 0 radical (unpaired) electrons. The topological polar surface area (TPSA) is 29.1 Å². The summed E-state index contributed by atoms with van der Waals surface area (Å²) < 4.78 is 0. The Morgan fingerprint density at radius 1 is 1.62 bits per heavy atom. The van der Waals surface area contributed by atoms with Crippen molar-refractivity contribution in [3.63, 3.8) is 0 Å². The van der Waals surface area contributed by atoms with Gasteiger partial charge in [0.2, 0.25) is 0 Å². The molecule has 0 aliphatic carbocycles. The number of carbonyl (C=O) groups excluding carboxylic acids is 1. The zero-order chi connectivity index (χ0) is 9.52. The smallest absolute Gasteiger partial charge is 0.137 e. The quantitative estimate of drug-likeness (QED) is 0.518. The van der Waals surface area contributed by atoms with Crippen LogP contribution in [0.3, 0.4) is 0 Å². The number of piperidine rings is 1. The van der Waals surface area contributed by atoms with E-state index in [0.717, 1.165) is 45.2 Å². The number of hydrogen-bond acceptors (Lipinski definition) is 2. The van der Waals surface area contributed by atoms with Crippen molar-refractivity contribution in [1.29, 1.82) is 0 Å². The molecule has 1 fully saturated rings. The number of allylic oxidation sites excluding steroid dienone is 1. The predicted molar refractivity (Wildman–Crippen MR) is 54.6 cm³/mol. The molecule has 0 aromatic heterocycles. The van der Waals surface area contributed by atoms with Crippen LogP contribution in [0.5, 0.6) is 0 Å². The normalized spacial score (nSPS) is 22.6. The van der Waals surface area contributed by atoms with E-state index in [2.05, 4.69) is 11.9 Å². The van der Waals surface area contributed by atoms with Crippen LogP contribution in [0.15, 0.2) is 12.7 Å². The van der Waals surface area contributed by atoms with Gasteiger partial charge in [0.25, 0.3) is 0 Å². The zero-order valence-electron chi connectivity index (χ0n) is 8.22. The van der Waals surface area contributed by atoms with Gasteiger partial charge < -0.3 is 5.32 Å². The van der Waals surface area contributed by atoms with Crippen LogP contribution < -0.4 is 5.32 Å². The molecular weight excluding hydrogens is 162 g/mol. The highest BCUT2D eigenvalue weighted by atomic mass is 16.1. The molecule has 0 aromatic rings. The Kier molecular flexibility index (Phi) is 4.76. The van der Waals surface area contributed by atoms with E-state index in [1.54, 1.807) is 0 Å². The van der Waals surface area contributed by atoms with Gasteiger partial charge in [0.1, 0.15) is 5.78 Å². The predicted octanol–water partition coefficient (Wildman–Crippen LogP) is 1.91. The van der Waals surface area contributed by atoms with E-state index >= 15 is 0 Å². The molecule has 74 valence electrons. The van der Waals surface area contributed by atoms with Crippen LogP contribution >= 0.6 is 0 Å². The minimum atomic E-state index is 0.290. The van der Waals surface area contributed by atoms with Crippen molar-refractivity contribution in [1.82, 2.24) is 5.32 Å². The molecule has 1 saturated heterocycles. The second-order valence-corrected chi connectivity index (χ2v) is 3.69. The van der Waals surface area contributed by atoms with Crippen molar-refractivity contribution in [2.24, 2.45) is 5.92 Å². The lowest BCUT2D eigenvalue weighted by molar-refractivity contribution is -0.123. The highest BCUT2D eigenvalue weighted by Gasteiger charge is 2.19. The average molecular weight is 181 g/mol. The van der Waals surface area contributed by atoms with Crippen LogP contribution in [-0.2, 0) is 4.79 Å². The highest BCUT2D eigenvalue weighted by molar-refractivity contribution is 5.81. The van der Waals surface area contributed by atoms with Gasteiger partial charge in [0.15, 0.2) is 0 Å². The summed E-state index contributed by atoms with van der Waals surface area (Å²) in [7, 11) is 0. The first-order valence-electron chi connectivity index (χ1n) is 5.19. The zero-order valence-corrected chi connectivity index (χ0v) is 8.22. The van der Waals surface area contributed by atoms with E-state index in [9.17, 15) is 4.79 Å². The van der Waals surface area contributed by atoms with Crippen LogP contribution in [0.25, 0.3) is 0 Å². The average Bonchev–Trinajstić information content (AvgIpc) is 2.19. The minimum Gasteiger partial charge on any atom is -0.316 e. The monoisotopic (exact) mass is 181 g/mol. The van der Waals surface area contributed by atoms with Crippen molar-refractivity contribution < 1.29 is 4.79 Å². The van der Waals surface area contributed by atoms with Gasteiger partial charge >= 0.3 is 0 Å². The highest BCUT2D eigenvalue weighted by Crippen LogP contribution is 2.14. The standard InChI is InChI=1S/C11H19NO/c1-2-3-4-7-11(13)10-6-5-8-12-9-10/h2,10,12H,1,3-9H2. The maximum atomic E-state index is 11.6. The van der Waals surface area contributed by atoms with Crippen LogP contribution in [0.4, 0.5) is 0 Å². The van der Waals surface area contributed by atoms with Gasteiger partial charge in [-0.2, -0.15) is 0 Å². The van der Waals surface area contributed by atoms with Gasteiger partial charge in [-0.1, -0.05) is 6.08 Å². The van der Waals surface area contributed by atoms with Crippen LogP contribution in [0.2, 0.25) is 0 Å². The van der Waals surface area contributed by atoms with Crippen LogP contribution in [-0.4, -0.2) is 18.9 Å². The Morgan fingerprint density at radius 2 is 2.46 bits per heavy atom. The third-order valence-electron chi connectivity index (χ3n) is 2.58. The lowest BCUT2D eigenvalue weighted by Gasteiger charge is -2.21. The summed E-state index contributed by atoms with van der Waals surface area (Å²) in [6.07, 6.45) is 6.78. The Balaban J connectivity index is 2.17. The van der Waals surface area contributed by atoms with Crippen LogP contribution in [0.1, 0.15) is 32.1 Å². The molecule has 1 N–H and O–H groups in total. The summed E-state index contributed by atoms with van der Waals surface area (Å²) in [6.45, 7) is 5.62. The molecule has 0 aromatic carbocycles. The lowest BCUT2D eigenvalue weighted by Crippen LogP contribution is -2.34. The number of carbonyl (C=O) groups is 1. The van der Waals surface area contributed by atoms with Gasteiger partial charge in [-0.25, -0.2) is 0 Å². The first kappa shape index (κ1) is 10.5. The maximum absolute atomic E-state index is 11.6. The third-order valence-corrected chi connectivity index (χ3v) is 2.58. The molecule has 1 aliphatic heterocycles. The van der Waals surface area contributed by atoms with Crippen molar-refractivity contribution in [2.75, 3.05) is 13.1 Å². The number of Topliss-reactive ketones (excluding diaryl/α,β-unsaturated/α-hetero) is 1. The molecule has 0 spiro atoms. The Hall–Kier alpha value is -0.630. The summed E-state index contributed by atoms with van der Waals surface area (Å²) in [6, 6.07) is 0. The van der Waals surface area contributed by atoms with Gasteiger partial charge in [-0.05, 0) is 32.2 Å². The van der Waals surface area contributed by atoms with E-state index in [1.807, 2.05) is 6.08 Å². The number of unbranched alkanes of at least 4 members (excludes halogenated alkanes) is 1.